The highest BCUT2D eigenvalue weighted by molar-refractivity contribution is 5.71. The predicted molar refractivity (Wildman–Crippen MR) is 81.4 cm³/mol. The van der Waals surface area contributed by atoms with Crippen LogP contribution in [0.4, 0.5) is 5.69 Å². The van der Waals surface area contributed by atoms with E-state index < -0.39 is 6.10 Å². The molecule has 21 heavy (non-hydrogen) atoms. The summed E-state index contributed by atoms with van der Waals surface area (Å²) in [4.78, 5) is 2.30. The number of methoxy groups -OCH3 is 1. The molecule has 1 spiro atoms. The summed E-state index contributed by atoms with van der Waals surface area (Å²) < 4.78 is 11.8. The number of benzene rings is 1. The van der Waals surface area contributed by atoms with Crippen molar-refractivity contribution in [1.29, 1.82) is 0 Å². The maximum Gasteiger partial charge on any atom is 0.167 e. The average Bonchev–Trinajstić information content (AvgIpc) is 2.73. The maximum atomic E-state index is 9.97. The van der Waals surface area contributed by atoms with Crippen molar-refractivity contribution in [3.8, 4) is 11.5 Å². The minimum Gasteiger partial charge on any atom is -0.493 e. The summed E-state index contributed by atoms with van der Waals surface area (Å²) in [6.45, 7) is 1.05. The van der Waals surface area contributed by atoms with Crippen LogP contribution >= 0.6 is 0 Å². The first-order valence-electron chi connectivity index (χ1n) is 7.62. The molecule has 0 amide bonds. The lowest BCUT2D eigenvalue weighted by Gasteiger charge is -2.35. The topological polar surface area (TPSA) is 41.9 Å². The molecule has 0 radical (unpaired) electrons. The second-order valence-corrected chi connectivity index (χ2v) is 6.33. The highest BCUT2D eigenvalue weighted by Crippen LogP contribution is 2.57. The van der Waals surface area contributed by atoms with E-state index in [1.54, 1.807) is 7.11 Å². The van der Waals surface area contributed by atoms with Gasteiger partial charge in [0, 0.05) is 31.3 Å². The molecule has 0 saturated heterocycles. The van der Waals surface area contributed by atoms with Gasteiger partial charge < -0.3 is 19.5 Å². The number of rotatable bonds is 1. The smallest absolute Gasteiger partial charge is 0.167 e. The van der Waals surface area contributed by atoms with E-state index in [1.165, 1.54) is 11.3 Å². The molecule has 1 N–H and O–H groups in total. The maximum absolute atomic E-state index is 9.97. The van der Waals surface area contributed by atoms with Crippen molar-refractivity contribution >= 4 is 5.69 Å². The van der Waals surface area contributed by atoms with Gasteiger partial charge in [-0.05, 0) is 25.0 Å². The molecule has 4 nitrogen and oxygen atoms in total. The van der Waals surface area contributed by atoms with E-state index in [2.05, 4.69) is 24.1 Å². The van der Waals surface area contributed by atoms with Crippen LogP contribution in [0.2, 0.25) is 0 Å². The minimum absolute atomic E-state index is 0.00838. The predicted octanol–water partition coefficient (Wildman–Crippen LogP) is 2.24. The van der Waals surface area contributed by atoms with Gasteiger partial charge in [-0.2, -0.15) is 0 Å². The van der Waals surface area contributed by atoms with Crippen LogP contribution in [0.1, 0.15) is 24.8 Å². The summed E-state index contributed by atoms with van der Waals surface area (Å²) >= 11 is 0. The molecule has 0 fully saturated rings. The normalized spacial score (nSPS) is 33.0. The Balaban J connectivity index is 1.98. The summed E-state index contributed by atoms with van der Waals surface area (Å²) in [5.41, 5.74) is 2.37. The molecular weight excluding hydrogens is 266 g/mol. The Morgan fingerprint density at radius 2 is 2.29 bits per heavy atom. The van der Waals surface area contributed by atoms with E-state index in [9.17, 15) is 5.11 Å². The quantitative estimate of drug-likeness (QED) is 0.804. The monoisotopic (exact) mass is 287 g/mol. The number of aliphatic hydroxyl groups is 1. The van der Waals surface area contributed by atoms with E-state index in [-0.39, 0.29) is 11.5 Å². The van der Waals surface area contributed by atoms with E-state index >= 15 is 0 Å². The molecule has 4 rings (SSSR count). The summed E-state index contributed by atoms with van der Waals surface area (Å²) in [5.74, 6) is 1.66. The molecule has 0 saturated carbocycles. The number of hydrogen-bond donors (Lipinski definition) is 1. The molecule has 2 heterocycles. The first kappa shape index (κ1) is 13.0. The first-order chi connectivity index (χ1) is 10.2. The lowest BCUT2D eigenvalue weighted by molar-refractivity contribution is 0.0846. The van der Waals surface area contributed by atoms with Gasteiger partial charge in [-0.3, -0.25) is 0 Å². The summed E-state index contributed by atoms with van der Waals surface area (Å²) in [5, 5.41) is 9.97. The zero-order valence-electron chi connectivity index (χ0n) is 12.5. The standard InChI is InChI=1S/C17H21NO3/c1-18-9-3-7-17-8-6-11(19)10-14(17)21-16-13(20-2)5-4-12(18)15(16)17/h4-6,8,11,14,19H,3,7,9-10H2,1-2H3/t11-,14?,17?/m0/s1. The Hall–Kier alpha value is -1.68. The Kier molecular flexibility index (Phi) is 2.73. The minimum atomic E-state index is -0.412. The average molecular weight is 287 g/mol. The molecule has 1 aromatic rings. The molecule has 3 aliphatic rings. The summed E-state index contributed by atoms with van der Waals surface area (Å²) in [6, 6.07) is 4.12. The number of ether oxygens (including phenoxy) is 2. The van der Waals surface area contributed by atoms with Crippen LogP contribution in [0.3, 0.4) is 0 Å². The molecule has 112 valence electrons. The molecule has 2 aliphatic heterocycles. The van der Waals surface area contributed by atoms with Gasteiger partial charge >= 0.3 is 0 Å². The van der Waals surface area contributed by atoms with Crippen molar-refractivity contribution in [3.05, 3.63) is 29.8 Å². The third-order valence-corrected chi connectivity index (χ3v) is 5.19. The SMILES string of the molecule is COc1ccc2c3c1OC1C[C@@H](O)C=CC31CCCN2C. The van der Waals surface area contributed by atoms with Crippen molar-refractivity contribution in [2.45, 2.75) is 36.9 Å². The Labute approximate surface area is 125 Å². The molecule has 0 bridgehead atoms. The van der Waals surface area contributed by atoms with Crippen molar-refractivity contribution in [2.24, 2.45) is 0 Å². The van der Waals surface area contributed by atoms with Crippen LogP contribution in [-0.4, -0.2) is 38.0 Å². The van der Waals surface area contributed by atoms with Crippen molar-refractivity contribution in [2.75, 3.05) is 25.6 Å². The third-order valence-electron chi connectivity index (χ3n) is 5.19. The molecule has 2 unspecified atom stereocenters. The largest absolute Gasteiger partial charge is 0.493 e. The zero-order chi connectivity index (χ0) is 14.6. The Bertz CT molecular complexity index is 612. The highest BCUT2D eigenvalue weighted by atomic mass is 16.5. The van der Waals surface area contributed by atoms with E-state index in [0.29, 0.717) is 6.42 Å². The van der Waals surface area contributed by atoms with Crippen LogP contribution in [0, 0.1) is 0 Å². The lowest BCUT2D eigenvalue weighted by Crippen LogP contribution is -2.41. The molecule has 3 atom stereocenters. The van der Waals surface area contributed by atoms with Crippen molar-refractivity contribution in [1.82, 2.24) is 0 Å². The van der Waals surface area contributed by atoms with Crippen LogP contribution in [-0.2, 0) is 5.41 Å². The van der Waals surface area contributed by atoms with E-state index in [0.717, 1.165) is 30.9 Å². The highest BCUT2D eigenvalue weighted by Gasteiger charge is 2.52. The fraction of sp³-hybridized carbons (Fsp3) is 0.529. The summed E-state index contributed by atoms with van der Waals surface area (Å²) in [7, 11) is 3.82. The fourth-order valence-electron chi connectivity index (χ4n) is 4.14. The molecular formula is C17H21NO3. The van der Waals surface area contributed by atoms with Crippen LogP contribution in [0.5, 0.6) is 11.5 Å². The number of hydrogen-bond acceptors (Lipinski definition) is 4. The van der Waals surface area contributed by atoms with Gasteiger partial charge in [0.2, 0.25) is 0 Å². The van der Waals surface area contributed by atoms with Gasteiger partial charge in [0.1, 0.15) is 6.10 Å². The van der Waals surface area contributed by atoms with Gasteiger partial charge in [0.05, 0.1) is 18.6 Å². The molecule has 1 aromatic carbocycles. The second kappa shape index (κ2) is 4.41. The number of nitrogens with zero attached hydrogens (tertiary/aromatic N) is 1. The van der Waals surface area contributed by atoms with E-state index in [4.69, 9.17) is 9.47 Å². The lowest BCUT2D eigenvalue weighted by atomic mass is 9.69. The van der Waals surface area contributed by atoms with Gasteiger partial charge in [-0.15, -0.1) is 0 Å². The molecule has 0 aromatic heterocycles. The van der Waals surface area contributed by atoms with Gasteiger partial charge in [0.15, 0.2) is 11.5 Å². The van der Waals surface area contributed by atoms with Crippen molar-refractivity contribution < 1.29 is 14.6 Å². The van der Waals surface area contributed by atoms with Crippen LogP contribution in [0.15, 0.2) is 24.3 Å². The van der Waals surface area contributed by atoms with Crippen LogP contribution in [0.25, 0.3) is 0 Å². The molecule has 4 heteroatoms. The van der Waals surface area contributed by atoms with Gasteiger partial charge in [-0.1, -0.05) is 12.2 Å². The second-order valence-electron chi connectivity index (χ2n) is 6.33. The molecule has 1 aliphatic carbocycles. The van der Waals surface area contributed by atoms with Crippen molar-refractivity contribution in [3.63, 3.8) is 0 Å². The Morgan fingerprint density at radius 3 is 3.10 bits per heavy atom. The number of aliphatic hydroxyl groups excluding tert-OH is 1. The fourth-order valence-corrected chi connectivity index (χ4v) is 4.14. The first-order valence-corrected chi connectivity index (χ1v) is 7.62. The zero-order valence-corrected chi connectivity index (χ0v) is 12.5. The third kappa shape index (κ3) is 1.65. The van der Waals surface area contributed by atoms with Gasteiger partial charge in [0.25, 0.3) is 0 Å². The Morgan fingerprint density at radius 1 is 1.43 bits per heavy atom. The van der Waals surface area contributed by atoms with Gasteiger partial charge in [-0.25, -0.2) is 0 Å². The summed E-state index contributed by atoms with van der Waals surface area (Å²) in [6.07, 6.45) is 6.53. The van der Waals surface area contributed by atoms with E-state index in [1.807, 2.05) is 12.1 Å². The van der Waals surface area contributed by atoms with Crippen LogP contribution < -0.4 is 14.4 Å². The number of anilines is 1.